The molecule has 0 aliphatic carbocycles. The Labute approximate surface area is 125 Å². The second-order valence-electron chi connectivity index (χ2n) is 4.35. The lowest BCUT2D eigenvalue weighted by atomic mass is 10.1. The topological polar surface area (TPSA) is 88.5 Å². The van der Waals surface area contributed by atoms with Crippen molar-refractivity contribution in [3.8, 4) is 5.75 Å². The number of aromatic nitrogens is 1. The zero-order chi connectivity index (χ0) is 15.4. The predicted octanol–water partition coefficient (Wildman–Crippen LogP) is 2.34. The highest BCUT2D eigenvalue weighted by atomic mass is 32.1. The van der Waals surface area contributed by atoms with Crippen molar-refractivity contribution in [2.45, 2.75) is 13.3 Å². The van der Waals surface area contributed by atoms with Gasteiger partial charge in [0.1, 0.15) is 16.3 Å². The number of nitrogens with one attached hydrogen (secondary N) is 1. The maximum atomic E-state index is 12.0. The van der Waals surface area contributed by atoms with E-state index >= 15 is 0 Å². The van der Waals surface area contributed by atoms with E-state index in [4.69, 9.17) is 9.84 Å². The first-order valence-electron chi connectivity index (χ1n) is 6.13. The number of aromatic carboxylic acids is 1. The van der Waals surface area contributed by atoms with E-state index in [1.165, 1.54) is 0 Å². The summed E-state index contributed by atoms with van der Waals surface area (Å²) in [6.07, 6.45) is 0.153. The first-order valence-corrected chi connectivity index (χ1v) is 6.91. The molecule has 0 aliphatic rings. The molecule has 1 aromatic carbocycles. The highest BCUT2D eigenvalue weighted by molar-refractivity contribution is 7.11. The van der Waals surface area contributed by atoms with E-state index in [1.807, 2.05) is 0 Å². The summed E-state index contributed by atoms with van der Waals surface area (Å²) in [5.74, 6) is -0.669. The van der Waals surface area contributed by atoms with Gasteiger partial charge in [-0.25, -0.2) is 4.79 Å². The fourth-order valence-corrected chi connectivity index (χ4v) is 2.61. The van der Waals surface area contributed by atoms with Gasteiger partial charge in [-0.3, -0.25) is 4.79 Å². The van der Waals surface area contributed by atoms with Gasteiger partial charge >= 0.3 is 5.97 Å². The lowest BCUT2D eigenvalue weighted by Crippen LogP contribution is -2.15. The molecule has 0 saturated carbocycles. The number of methoxy groups -OCH3 is 1. The van der Waals surface area contributed by atoms with Gasteiger partial charge in [0.15, 0.2) is 0 Å². The third-order valence-corrected chi connectivity index (χ3v) is 3.71. The van der Waals surface area contributed by atoms with Crippen LogP contribution < -0.4 is 10.1 Å². The molecule has 0 spiro atoms. The first kappa shape index (κ1) is 15.0. The van der Waals surface area contributed by atoms with Crippen LogP contribution in [0.5, 0.6) is 5.75 Å². The lowest BCUT2D eigenvalue weighted by molar-refractivity contribution is -0.115. The van der Waals surface area contributed by atoms with Gasteiger partial charge in [-0.2, -0.15) is 4.37 Å². The number of nitrogens with zero attached hydrogens (tertiary/aromatic N) is 1. The fourth-order valence-electron chi connectivity index (χ4n) is 1.81. The molecule has 1 aromatic heterocycles. The van der Waals surface area contributed by atoms with Crippen molar-refractivity contribution in [3.05, 3.63) is 41.1 Å². The van der Waals surface area contributed by atoms with Crippen molar-refractivity contribution >= 4 is 28.4 Å². The van der Waals surface area contributed by atoms with Crippen LogP contribution in [0.4, 0.5) is 5.00 Å². The Balaban J connectivity index is 2.06. The summed E-state index contributed by atoms with van der Waals surface area (Å²) in [4.78, 5) is 23.1. The van der Waals surface area contributed by atoms with E-state index < -0.39 is 5.97 Å². The number of benzene rings is 1. The zero-order valence-corrected chi connectivity index (χ0v) is 12.4. The third-order valence-electron chi connectivity index (χ3n) is 2.85. The minimum absolute atomic E-state index is 0.0445. The van der Waals surface area contributed by atoms with Gasteiger partial charge in [-0.15, -0.1) is 0 Å². The third kappa shape index (κ3) is 3.57. The number of hydrogen-bond acceptors (Lipinski definition) is 5. The summed E-state index contributed by atoms with van der Waals surface area (Å²) in [5.41, 5.74) is 1.25. The van der Waals surface area contributed by atoms with Gasteiger partial charge in [-0.1, -0.05) is 12.1 Å². The van der Waals surface area contributed by atoms with Crippen LogP contribution in [0.3, 0.4) is 0 Å². The number of carboxylic acid groups (broad SMARTS) is 1. The van der Waals surface area contributed by atoms with Crippen molar-refractivity contribution in [2.24, 2.45) is 0 Å². The Morgan fingerprint density at radius 3 is 2.57 bits per heavy atom. The van der Waals surface area contributed by atoms with Crippen LogP contribution in [-0.4, -0.2) is 28.5 Å². The molecule has 110 valence electrons. The highest BCUT2D eigenvalue weighted by Gasteiger charge is 2.19. The number of hydrogen-bond donors (Lipinski definition) is 2. The summed E-state index contributed by atoms with van der Waals surface area (Å²) >= 11 is 0.967. The largest absolute Gasteiger partial charge is 0.497 e. The first-order chi connectivity index (χ1) is 10.0. The van der Waals surface area contributed by atoms with Crippen LogP contribution in [0, 0.1) is 6.92 Å². The van der Waals surface area contributed by atoms with Crippen LogP contribution in [0.1, 0.15) is 21.6 Å². The average Bonchev–Trinajstić information content (AvgIpc) is 2.80. The smallest absolute Gasteiger partial charge is 0.340 e. The summed E-state index contributed by atoms with van der Waals surface area (Å²) in [6.45, 7) is 1.60. The zero-order valence-electron chi connectivity index (χ0n) is 11.5. The molecule has 0 atom stereocenters. The second kappa shape index (κ2) is 6.36. The molecule has 7 heteroatoms. The van der Waals surface area contributed by atoms with E-state index in [0.717, 1.165) is 17.1 Å². The lowest BCUT2D eigenvalue weighted by Gasteiger charge is -2.05. The van der Waals surface area contributed by atoms with Crippen molar-refractivity contribution in [2.75, 3.05) is 12.4 Å². The van der Waals surface area contributed by atoms with Gasteiger partial charge in [0.05, 0.1) is 19.2 Å². The van der Waals surface area contributed by atoms with Crippen LogP contribution >= 0.6 is 11.5 Å². The number of ether oxygens (including phenoxy) is 1. The van der Waals surface area contributed by atoms with E-state index in [0.29, 0.717) is 11.4 Å². The van der Waals surface area contributed by atoms with Gasteiger partial charge in [0, 0.05) is 0 Å². The van der Waals surface area contributed by atoms with Crippen LogP contribution in [0.15, 0.2) is 24.3 Å². The molecule has 1 amide bonds. The molecule has 0 fully saturated rings. The molecular formula is C14H14N2O4S. The molecule has 6 nitrogen and oxygen atoms in total. The normalized spacial score (nSPS) is 10.2. The van der Waals surface area contributed by atoms with Crippen molar-refractivity contribution < 1.29 is 19.4 Å². The molecule has 2 N–H and O–H groups in total. The molecule has 1 heterocycles. The van der Waals surface area contributed by atoms with Gasteiger partial charge < -0.3 is 15.2 Å². The number of amides is 1. The Morgan fingerprint density at radius 2 is 2.00 bits per heavy atom. The Hall–Kier alpha value is -2.41. The van der Waals surface area contributed by atoms with Gasteiger partial charge in [0.25, 0.3) is 0 Å². The highest BCUT2D eigenvalue weighted by Crippen LogP contribution is 2.24. The van der Waals surface area contributed by atoms with E-state index in [9.17, 15) is 9.59 Å². The maximum absolute atomic E-state index is 12.0. The molecular weight excluding hydrogens is 292 g/mol. The summed E-state index contributed by atoms with van der Waals surface area (Å²) in [5, 5.41) is 12.0. The Bertz CT molecular complexity index is 664. The Morgan fingerprint density at radius 1 is 1.33 bits per heavy atom. The molecule has 0 aliphatic heterocycles. The maximum Gasteiger partial charge on any atom is 0.340 e. The van der Waals surface area contributed by atoms with Gasteiger partial charge in [0.2, 0.25) is 5.91 Å². The molecule has 2 aromatic rings. The second-order valence-corrected chi connectivity index (χ2v) is 5.12. The number of aryl methyl sites for hydroxylation is 1. The summed E-state index contributed by atoms with van der Waals surface area (Å²) < 4.78 is 8.99. The minimum atomic E-state index is -1.10. The molecule has 0 saturated heterocycles. The monoisotopic (exact) mass is 306 g/mol. The van der Waals surface area contributed by atoms with Crippen LogP contribution in [-0.2, 0) is 11.2 Å². The number of carboxylic acids is 1. The standard InChI is InChI=1S/C14H14N2O4S/c1-8-12(14(18)19)13(21-16-8)15-11(17)7-9-3-5-10(20-2)6-4-9/h3-6H,7H2,1-2H3,(H,15,17)(H,18,19). The Kier molecular flexibility index (Phi) is 4.54. The van der Waals surface area contributed by atoms with Crippen molar-refractivity contribution in [1.82, 2.24) is 4.37 Å². The van der Waals surface area contributed by atoms with Crippen molar-refractivity contribution in [3.63, 3.8) is 0 Å². The fraction of sp³-hybridized carbons (Fsp3) is 0.214. The molecule has 0 radical (unpaired) electrons. The number of carbonyl (C=O) groups is 2. The SMILES string of the molecule is COc1ccc(CC(=O)Nc2snc(C)c2C(=O)O)cc1. The van der Waals surface area contributed by atoms with E-state index in [-0.39, 0.29) is 22.9 Å². The average molecular weight is 306 g/mol. The summed E-state index contributed by atoms with van der Waals surface area (Å²) in [7, 11) is 1.57. The quantitative estimate of drug-likeness (QED) is 0.885. The molecule has 0 unspecified atom stereocenters. The minimum Gasteiger partial charge on any atom is -0.497 e. The molecule has 0 bridgehead atoms. The van der Waals surface area contributed by atoms with E-state index in [1.54, 1.807) is 38.3 Å². The number of carbonyl (C=O) groups excluding carboxylic acids is 1. The predicted molar refractivity (Wildman–Crippen MR) is 79.1 cm³/mol. The van der Waals surface area contributed by atoms with Gasteiger partial charge in [-0.05, 0) is 36.2 Å². The number of rotatable bonds is 5. The molecule has 21 heavy (non-hydrogen) atoms. The van der Waals surface area contributed by atoms with E-state index in [2.05, 4.69) is 9.69 Å². The number of anilines is 1. The molecule has 2 rings (SSSR count). The summed E-state index contributed by atoms with van der Waals surface area (Å²) in [6, 6.07) is 7.10. The van der Waals surface area contributed by atoms with Crippen molar-refractivity contribution in [1.29, 1.82) is 0 Å². The van der Waals surface area contributed by atoms with Crippen LogP contribution in [0.2, 0.25) is 0 Å². The van der Waals surface area contributed by atoms with Crippen LogP contribution in [0.25, 0.3) is 0 Å².